The molecule has 4 nitrogen and oxygen atoms in total. The minimum atomic E-state index is 0. The number of thiophene rings is 1. The molecule has 1 aliphatic rings. The van der Waals surface area contributed by atoms with Crippen molar-refractivity contribution in [2.24, 2.45) is 4.99 Å². The first kappa shape index (κ1) is 20.5. The molecule has 1 aliphatic heterocycles. The lowest BCUT2D eigenvalue weighted by molar-refractivity contribution is 0.357. The number of nitrogens with one attached hydrogen (secondary N) is 2. The van der Waals surface area contributed by atoms with Crippen LogP contribution in [0.2, 0.25) is 0 Å². The van der Waals surface area contributed by atoms with Gasteiger partial charge in [0.25, 0.3) is 0 Å². The van der Waals surface area contributed by atoms with Gasteiger partial charge in [0.2, 0.25) is 0 Å². The van der Waals surface area contributed by atoms with Gasteiger partial charge in [0.05, 0.1) is 10.4 Å². The second-order valence-electron chi connectivity index (χ2n) is 5.67. The van der Waals surface area contributed by atoms with Gasteiger partial charge in [-0.3, -0.25) is 4.99 Å². The highest BCUT2D eigenvalue weighted by Crippen LogP contribution is 2.25. The Hall–Kier alpha value is -0.800. The molecule has 2 aromatic rings. The Bertz CT molecular complexity index is 720. The molecular weight excluding hydrogens is 513 g/mol. The van der Waals surface area contributed by atoms with E-state index < -0.39 is 0 Å². The van der Waals surface area contributed by atoms with E-state index in [1.165, 1.54) is 19.8 Å². The predicted molar refractivity (Wildman–Crippen MR) is 120 cm³/mol. The lowest BCUT2D eigenvalue weighted by Crippen LogP contribution is -2.39. The second-order valence-corrected chi connectivity index (χ2v) is 8.22. The molecular formula is C18H23BrIN3OS. The van der Waals surface area contributed by atoms with Crippen LogP contribution in [-0.2, 0) is 19.3 Å². The first-order valence-corrected chi connectivity index (χ1v) is 9.79. The highest BCUT2D eigenvalue weighted by Gasteiger charge is 2.11. The summed E-state index contributed by atoms with van der Waals surface area (Å²) in [5, 5.41) is 6.74. The van der Waals surface area contributed by atoms with Crippen molar-refractivity contribution in [3.8, 4) is 5.75 Å². The van der Waals surface area contributed by atoms with Gasteiger partial charge in [-0.05, 0) is 58.1 Å². The summed E-state index contributed by atoms with van der Waals surface area (Å²) in [4.78, 5) is 5.65. The number of benzene rings is 1. The van der Waals surface area contributed by atoms with Gasteiger partial charge in [-0.1, -0.05) is 12.1 Å². The standard InChI is InChI=1S/C18H22BrN3OS.HI/c1-20-18(22-10-7-15-3-5-17(19)24-15)21-9-6-13-2-4-16-14(12-13)8-11-23-16;/h2-5,12H,6-11H2,1H3,(H2,20,21,22);1H. The van der Waals surface area contributed by atoms with E-state index in [9.17, 15) is 0 Å². The Kier molecular flexibility index (Phi) is 8.51. The lowest BCUT2D eigenvalue weighted by Gasteiger charge is -2.12. The average Bonchev–Trinajstić information content (AvgIpc) is 3.21. The molecule has 1 aromatic heterocycles. The first-order valence-electron chi connectivity index (χ1n) is 8.18. The van der Waals surface area contributed by atoms with E-state index >= 15 is 0 Å². The maximum Gasteiger partial charge on any atom is 0.190 e. The van der Waals surface area contributed by atoms with Crippen LogP contribution in [0.3, 0.4) is 0 Å². The molecule has 1 aromatic carbocycles. The molecule has 0 amide bonds. The maximum absolute atomic E-state index is 5.55. The van der Waals surface area contributed by atoms with Gasteiger partial charge in [0.1, 0.15) is 5.75 Å². The zero-order valence-electron chi connectivity index (χ0n) is 14.2. The number of nitrogens with zero attached hydrogens (tertiary/aromatic N) is 1. The number of ether oxygens (including phenoxy) is 1. The van der Waals surface area contributed by atoms with Crippen molar-refractivity contribution < 1.29 is 4.74 Å². The van der Waals surface area contributed by atoms with Crippen molar-refractivity contribution in [2.75, 3.05) is 26.7 Å². The van der Waals surface area contributed by atoms with Gasteiger partial charge in [0.15, 0.2) is 5.96 Å². The monoisotopic (exact) mass is 535 g/mol. The van der Waals surface area contributed by atoms with E-state index in [0.717, 1.165) is 50.7 Å². The minimum absolute atomic E-state index is 0. The molecule has 0 saturated carbocycles. The molecule has 2 heterocycles. The molecule has 0 unspecified atom stereocenters. The fourth-order valence-electron chi connectivity index (χ4n) is 2.73. The Morgan fingerprint density at radius 3 is 2.72 bits per heavy atom. The number of fused-ring (bicyclic) bond motifs is 1. The molecule has 0 aliphatic carbocycles. The molecule has 25 heavy (non-hydrogen) atoms. The van der Waals surface area contributed by atoms with E-state index in [-0.39, 0.29) is 24.0 Å². The molecule has 0 saturated heterocycles. The molecule has 0 radical (unpaired) electrons. The molecule has 0 fully saturated rings. The Morgan fingerprint density at radius 1 is 1.20 bits per heavy atom. The van der Waals surface area contributed by atoms with Crippen molar-refractivity contribution in [1.82, 2.24) is 10.6 Å². The van der Waals surface area contributed by atoms with Gasteiger partial charge < -0.3 is 15.4 Å². The van der Waals surface area contributed by atoms with Crippen LogP contribution < -0.4 is 15.4 Å². The van der Waals surface area contributed by atoms with Crippen molar-refractivity contribution >= 4 is 57.2 Å². The Balaban J connectivity index is 0.00000225. The van der Waals surface area contributed by atoms with Crippen LogP contribution in [0, 0.1) is 0 Å². The average molecular weight is 536 g/mol. The van der Waals surface area contributed by atoms with E-state index in [1.807, 2.05) is 7.05 Å². The van der Waals surface area contributed by atoms with E-state index in [2.05, 4.69) is 61.9 Å². The van der Waals surface area contributed by atoms with E-state index in [1.54, 1.807) is 11.3 Å². The quantitative estimate of drug-likeness (QED) is 0.334. The van der Waals surface area contributed by atoms with Crippen LogP contribution in [-0.4, -0.2) is 32.7 Å². The van der Waals surface area contributed by atoms with Crippen LogP contribution in [0.5, 0.6) is 5.75 Å². The summed E-state index contributed by atoms with van der Waals surface area (Å²) in [7, 11) is 1.81. The number of aliphatic imine (C=N–C) groups is 1. The normalized spacial score (nSPS) is 13.0. The molecule has 136 valence electrons. The fraction of sp³-hybridized carbons (Fsp3) is 0.389. The van der Waals surface area contributed by atoms with Crippen molar-refractivity contribution in [2.45, 2.75) is 19.3 Å². The molecule has 3 rings (SSSR count). The molecule has 7 heteroatoms. The summed E-state index contributed by atoms with van der Waals surface area (Å²) < 4.78 is 6.73. The van der Waals surface area contributed by atoms with Gasteiger partial charge in [0, 0.05) is 31.4 Å². The zero-order chi connectivity index (χ0) is 16.8. The molecule has 0 bridgehead atoms. The van der Waals surface area contributed by atoms with Crippen molar-refractivity contribution in [3.63, 3.8) is 0 Å². The minimum Gasteiger partial charge on any atom is -0.493 e. The van der Waals surface area contributed by atoms with Crippen LogP contribution in [0.15, 0.2) is 39.1 Å². The van der Waals surface area contributed by atoms with Gasteiger partial charge in [-0.25, -0.2) is 0 Å². The van der Waals surface area contributed by atoms with Gasteiger partial charge in [-0.15, -0.1) is 35.3 Å². The van der Waals surface area contributed by atoms with Gasteiger partial charge in [-0.2, -0.15) is 0 Å². The third kappa shape index (κ3) is 6.14. The highest BCUT2D eigenvalue weighted by molar-refractivity contribution is 14.0. The smallest absolute Gasteiger partial charge is 0.190 e. The fourth-order valence-corrected chi connectivity index (χ4v) is 4.21. The van der Waals surface area contributed by atoms with Gasteiger partial charge >= 0.3 is 0 Å². The number of guanidine groups is 1. The first-order chi connectivity index (χ1) is 11.7. The van der Waals surface area contributed by atoms with Crippen LogP contribution in [0.4, 0.5) is 0 Å². The third-order valence-electron chi connectivity index (χ3n) is 3.98. The van der Waals surface area contributed by atoms with Crippen molar-refractivity contribution in [3.05, 3.63) is 50.1 Å². The summed E-state index contributed by atoms with van der Waals surface area (Å²) in [5.74, 6) is 1.90. The maximum atomic E-state index is 5.55. The second kappa shape index (κ2) is 10.4. The SMILES string of the molecule is CN=C(NCCc1ccc2c(c1)CCO2)NCCc1ccc(Br)s1.I. The van der Waals surface area contributed by atoms with E-state index in [0.29, 0.717) is 0 Å². The third-order valence-corrected chi connectivity index (χ3v) is 5.66. The number of hydrogen-bond acceptors (Lipinski definition) is 3. The number of rotatable bonds is 6. The largest absolute Gasteiger partial charge is 0.493 e. The highest BCUT2D eigenvalue weighted by atomic mass is 127. The summed E-state index contributed by atoms with van der Waals surface area (Å²) in [6.07, 6.45) is 3.01. The lowest BCUT2D eigenvalue weighted by atomic mass is 10.1. The summed E-state index contributed by atoms with van der Waals surface area (Å²) in [6.45, 7) is 2.56. The summed E-state index contributed by atoms with van der Waals surface area (Å²) >= 11 is 5.27. The zero-order valence-corrected chi connectivity index (χ0v) is 18.9. The van der Waals surface area contributed by atoms with Crippen molar-refractivity contribution in [1.29, 1.82) is 0 Å². The summed E-state index contributed by atoms with van der Waals surface area (Å²) in [6, 6.07) is 10.7. The Morgan fingerprint density at radius 2 is 2.00 bits per heavy atom. The topological polar surface area (TPSA) is 45.7 Å². The van der Waals surface area contributed by atoms with E-state index in [4.69, 9.17) is 4.74 Å². The van der Waals surface area contributed by atoms with Crippen LogP contribution in [0.25, 0.3) is 0 Å². The number of hydrogen-bond donors (Lipinski definition) is 2. The Labute approximate surface area is 178 Å². The van der Waals surface area contributed by atoms with Crippen LogP contribution in [0.1, 0.15) is 16.0 Å². The molecule has 0 spiro atoms. The molecule has 2 N–H and O–H groups in total. The van der Waals surface area contributed by atoms with Crippen LogP contribution >= 0.6 is 51.2 Å². The predicted octanol–water partition coefficient (Wildman–Crippen LogP) is 4.01. The number of halogens is 2. The molecule has 0 atom stereocenters. The summed E-state index contributed by atoms with van der Waals surface area (Å²) in [5.41, 5.74) is 2.67.